The highest BCUT2D eigenvalue weighted by molar-refractivity contribution is 5.95. The number of carbonyl (C=O) groups excluding carboxylic acids is 1. The Bertz CT molecular complexity index is 997. The third kappa shape index (κ3) is 3.85. The number of fused-ring (bicyclic) bond motifs is 1. The van der Waals surface area contributed by atoms with Gasteiger partial charge in [-0.05, 0) is 42.9 Å². The van der Waals surface area contributed by atoms with Crippen LogP contribution >= 0.6 is 0 Å². The van der Waals surface area contributed by atoms with Crippen molar-refractivity contribution in [1.82, 2.24) is 25.3 Å². The van der Waals surface area contributed by atoms with E-state index in [9.17, 15) is 4.79 Å². The van der Waals surface area contributed by atoms with Crippen LogP contribution in [-0.2, 0) is 12.8 Å². The van der Waals surface area contributed by atoms with Gasteiger partial charge in [0, 0.05) is 18.5 Å². The predicted octanol–water partition coefficient (Wildman–Crippen LogP) is 3.08. The maximum atomic E-state index is 12.9. The molecule has 0 saturated carbocycles. The van der Waals surface area contributed by atoms with Crippen LogP contribution in [0.2, 0.25) is 0 Å². The van der Waals surface area contributed by atoms with Gasteiger partial charge in [0.25, 0.3) is 5.91 Å². The zero-order valence-corrected chi connectivity index (χ0v) is 16.8. The highest BCUT2D eigenvalue weighted by atomic mass is 16.5. The molecule has 2 aromatic heterocycles. The van der Waals surface area contributed by atoms with Gasteiger partial charge in [-0.2, -0.15) is 5.10 Å². The van der Waals surface area contributed by atoms with Crippen molar-refractivity contribution in [3.05, 3.63) is 65.0 Å². The molecule has 1 N–H and O–H groups in total. The van der Waals surface area contributed by atoms with Gasteiger partial charge in [0.05, 0.1) is 24.6 Å². The van der Waals surface area contributed by atoms with Gasteiger partial charge in [-0.25, -0.2) is 4.68 Å². The van der Waals surface area contributed by atoms with E-state index in [2.05, 4.69) is 44.9 Å². The lowest BCUT2D eigenvalue weighted by atomic mass is 9.83. The van der Waals surface area contributed by atoms with Gasteiger partial charge in [-0.3, -0.25) is 4.79 Å². The van der Waals surface area contributed by atoms with Gasteiger partial charge in [-0.1, -0.05) is 31.2 Å². The number of nitrogens with zero attached hydrogens (tertiary/aromatic N) is 4. The average molecular weight is 391 g/mol. The Morgan fingerprint density at radius 2 is 2.10 bits per heavy atom. The molecule has 7 nitrogen and oxygen atoms in total. The van der Waals surface area contributed by atoms with Crippen molar-refractivity contribution < 1.29 is 9.53 Å². The molecule has 4 rings (SSSR count). The van der Waals surface area contributed by atoms with E-state index in [-0.39, 0.29) is 5.91 Å². The number of hydrogen-bond acceptors (Lipinski definition) is 5. The number of hydrogen-bond donors (Lipinski definition) is 1. The van der Waals surface area contributed by atoms with E-state index >= 15 is 0 Å². The number of aryl methyl sites for hydroxylation is 1. The molecule has 0 radical (unpaired) electrons. The van der Waals surface area contributed by atoms with E-state index in [1.165, 1.54) is 11.1 Å². The van der Waals surface area contributed by atoms with Gasteiger partial charge >= 0.3 is 0 Å². The number of rotatable bonds is 6. The van der Waals surface area contributed by atoms with E-state index in [0.29, 0.717) is 36.1 Å². The monoisotopic (exact) mass is 391 g/mol. The van der Waals surface area contributed by atoms with Gasteiger partial charge in [0.1, 0.15) is 0 Å². The molecular weight excluding hydrogens is 366 g/mol. The number of ether oxygens (including phenoxy) is 1. The Balaban J connectivity index is 1.50. The summed E-state index contributed by atoms with van der Waals surface area (Å²) in [6.07, 6.45) is 5.64. The Kier molecular flexibility index (Phi) is 5.55. The van der Waals surface area contributed by atoms with Crippen LogP contribution in [0.3, 0.4) is 0 Å². The number of benzene rings is 1. The minimum Gasteiger partial charge on any atom is -0.480 e. The van der Waals surface area contributed by atoms with Crippen LogP contribution in [0.4, 0.5) is 0 Å². The summed E-state index contributed by atoms with van der Waals surface area (Å²) in [6.45, 7) is 2.63. The van der Waals surface area contributed by atoms with Gasteiger partial charge in [0.2, 0.25) is 5.88 Å². The summed E-state index contributed by atoms with van der Waals surface area (Å²) in [7, 11) is 1.54. The zero-order chi connectivity index (χ0) is 20.2. The van der Waals surface area contributed by atoms with Crippen molar-refractivity contribution >= 4 is 5.91 Å². The first kappa shape index (κ1) is 19.1. The Morgan fingerprint density at radius 3 is 2.86 bits per heavy atom. The van der Waals surface area contributed by atoms with Crippen molar-refractivity contribution in [3.8, 4) is 11.7 Å². The summed E-state index contributed by atoms with van der Waals surface area (Å²) in [5.41, 5.74) is 4.15. The van der Waals surface area contributed by atoms with Crippen LogP contribution in [0.1, 0.15) is 52.9 Å². The molecule has 3 aromatic rings. The minimum absolute atomic E-state index is 0.0994. The van der Waals surface area contributed by atoms with Crippen molar-refractivity contribution in [2.45, 2.75) is 38.5 Å². The fraction of sp³-hybridized carbons (Fsp3) is 0.364. The lowest BCUT2D eigenvalue weighted by molar-refractivity contribution is 0.0949. The molecule has 0 aliphatic heterocycles. The molecule has 1 unspecified atom stereocenters. The molecule has 2 heterocycles. The third-order valence-corrected chi connectivity index (χ3v) is 5.50. The van der Waals surface area contributed by atoms with Crippen LogP contribution in [0.15, 0.2) is 42.6 Å². The highest BCUT2D eigenvalue weighted by Gasteiger charge is 2.22. The SMILES string of the molecule is CCc1c(C(=O)NCC2CCCc3ccccc32)cnn1-c1ccc(OC)nn1. The molecule has 0 fully saturated rings. The molecule has 7 heteroatoms. The number of carbonyl (C=O) groups is 1. The normalized spacial score (nSPS) is 15.6. The van der Waals surface area contributed by atoms with Crippen LogP contribution in [0.25, 0.3) is 5.82 Å². The standard InChI is InChI=1S/C22H25N5O2/c1-3-19-18(14-24-27(19)20-11-12-21(29-2)26-25-20)22(28)23-13-16-9-6-8-15-7-4-5-10-17(15)16/h4-5,7,10-12,14,16H,3,6,8-9,13H2,1-2H3,(H,23,28). The summed E-state index contributed by atoms with van der Waals surface area (Å²) in [4.78, 5) is 12.9. The summed E-state index contributed by atoms with van der Waals surface area (Å²) in [5, 5.41) is 15.6. The summed E-state index contributed by atoms with van der Waals surface area (Å²) in [5.74, 6) is 1.25. The molecule has 1 aliphatic rings. The topological polar surface area (TPSA) is 81.9 Å². The van der Waals surface area contributed by atoms with Crippen molar-refractivity contribution in [3.63, 3.8) is 0 Å². The molecule has 0 saturated heterocycles. The highest BCUT2D eigenvalue weighted by Crippen LogP contribution is 2.31. The lowest BCUT2D eigenvalue weighted by Crippen LogP contribution is -2.30. The second-order valence-corrected chi connectivity index (χ2v) is 7.20. The third-order valence-electron chi connectivity index (χ3n) is 5.50. The first-order valence-electron chi connectivity index (χ1n) is 10.0. The Morgan fingerprint density at radius 1 is 1.24 bits per heavy atom. The van der Waals surface area contributed by atoms with Crippen LogP contribution in [0, 0.1) is 0 Å². The first-order chi connectivity index (χ1) is 14.2. The van der Waals surface area contributed by atoms with Crippen LogP contribution in [0.5, 0.6) is 5.88 Å². The quantitative estimate of drug-likeness (QED) is 0.698. The van der Waals surface area contributed by atoms with Crippen molar-refractivity contribution in [1.29, 1.82) is 0 Å². The molecule has 1 atom stereocenters. The van der Waals surface area contributed by atoms with E-state index < -0.39 is 0 Å². The van der Waals surface area contributed by atoms with E-state index in [4.69, 9.17) is 4.74 Å². The largest absolute Gasteiger partial charge is 0.480 e. The molecule has 1 aliphatic carbocycles. The molecule has 1 amide bonds. The molecule has 29 heavy (non-hydrogen) atoms. The molecular formula is C22H25N5O2. The predicted molar refractivity (Wildman–Crippen MR) is 110 cm³/mol. The number of nitrogens with one attached hydrogen (secondary N) is 1. The summed E-state index contributed by atoms with van der Waals surface area (Å²) >= 11 is 0. The van der Waals surface area contributed by atoms with Gasteiger partial charge in [0.15, 0.2) is 5.82 Å². The van der Waals surface area contributed by atoms with Crippen LogP contribution in [-0.4, -0.2) is 39.5 Å². The van der Waals surface area contributed by atoms with Gasteiger partial charge in [-0.15, -0.1) is 10.2 Å². The zero-order valence-electron chi connectivity index (χ0n) is 16.8. The van der Waals surface area contributed by atoms with Crippen molar-refractivity contribution in [2.24, 2.45) is 0 Å². The maximum absolute atomic E-state index is 12.9. The fourth-order valence-electron chi connectivity index (χ4n) is 4.01. The smallest absolute Gasteiger partial charge is 0.254 e. The van der Waals surface area contributed by atoms with E-state index in [1.807, 2.05) is 6.92 Å². The Labute approximate surface area is 170 Å². The van der Waals surface area contributed by atoms with Crippen molar-refractivity contribution in [2.75, 3.05) is 13.7 Å². The van der Waals surface area contributed by atoms with E-state index in [1.54, 1.807) is 30.1 Å². The summed E-state index contributed by atoms with van der Waals surface area (Å²) < 4.78 is 6.72. The molecule has 0 bridgehead atoms. The Hall–Kier alpha value is -3.22. The molecule has 150 valence electrons. The molecule has 0 spiro atoms. The molecule has 1 aromatic carbocycles. The van der Waals surface area contributed by atoms with E-state index in [0.717, 1.165) is 25.0 Å². The van der Waals surface area contributed by atoms with Crippen LogP contribution < -0.4 is 10.1 Å². The second-order valence-electron chi connectivity index (χ2n) is 7.20. The number of aromatic nitrogens is 4. The number of methoxy groups -OCH3 is 1. The summed E-state index contributed by atoms with van der Waals surface area (Å²) in [6, 6.07) is 12.0. The minimum atomic E-state index is -0.0994. The lowest BCUT2D eigenvalue weighted by Gasteiger charge is -2.25. The average Bonchev–Trinajstić information content (AvgIpc) is 3.21. The maximum Gasteiger partial charge on any atom is 0.254 e. The second kappa shape index (κ2) is 8.43. The van der Waals surface area contributed by atoms with Gasteiger partial charge < -0.3 is 10.1 Å². The first-order valence-corrected chi connectivity index (χ1v) is 10.0. The fourth-order valence-corrected chi connectivity index (χ4v) is 4.01. The number of amides is 1.